The molecule has 0 aliphatic carbocycles. The molecule has 158 valence electrons. The number of carbonyl (C=O) groups is 3. The minimum Gasteiger partial charge on any atom is -0.493 e. The number of anilines is 1. The van der Waals surface area contributed by atoms with Crippen molar-refractivity contribution in [1.29, 1.82) is 0 Å². The van der Waals surface area contributed by atoms with Crippen molar-refractivity contribution in [1.82, 2.24) is 5.32 Å². The molecular weight excluding hydrogens is 384 g/mol. The third-order valence-electron chi connectivity index (χ3n) is 4.93. The fourth-order valence-electron chi connectivity index (χ4n) is 3.57. The van der Waals surface area contributed by atoms with E-state index in [4.69, 9.17) is 9.47 Å². The van der Waals surface area contributed by atoms with Gasteiger partial charge in [-0.15, -0.1) is 0 Å². The number of nitrogens with zero attached hydrogens (tertiary/aromatic N) is 1. The molecule has 7 nitrogen and oxygen atoms in total. The topological polar surface area (TPSA) is 84.9 Å². The molecular formula is C23H26N2O5. The first kappa shape index (κ1) is 21.4. The van der Waals surface area contributed by atoms with Crippen LogP contribution in [-0.2, 0) is 20.7 Å². The molecule has 30 heavy (non-hydrogen) atoms. The highest BCUT2D eigenvalue weighted by molar-refractivity contribution is 6.00. The summed E-state index contributed by atoms with van der Waals surface area (Å²) < 4.78 is 10.7. The van der Waals surface area contributed by atoms with Crippen molar-refractivity contribution in [3.8, 4) is 5.75 Å². The van der Waals surface area contributed by atoms with Crippen LogP contribution in [-0.4, -0.2) is 43.1 Å². The zero-order chi connectivity index (χ0) is 21.7. The number of para-hydroxylation sites is 2. The predicted octanol–water partition coefficient (Wildman–Crippen LogP) is 2.72. The number of fused-ring (bicyclic) bond motifs is 1. The maximum Gasteiger partial charge on any atom is 0.326 e. The van der Waals surface area contributed by atoms with E-state index < -0.39 is 18.0 Å². The van der Waals surface area contributed by atoms with Crippen LogP contribution in [0.4, 0.5) is 5.69 Å². The van der Waals surface area contributed by atoms with E-state index in [2.05, 4.69) is 5.32 Å². The van der Waals surface area contributed by atoms with Gasteiger partial charge in [0.25, 0.3) is 11.8 Å². The summed E-state index contributed by atoms with van der Waals surface area (Å²) in [4.78, 5) is 39.1. The number of carbonyl (C=O) groups excluding carboxylic acids is 3. The molecule has 1 N–H and O–H groups in total. The molecule has 0 fully saturated rings. The average molecular weight is 410 g/mol. The fourth-order valence-corrected chi connectivity index (χ4v) is 3.57. The van der Waals surface area contributed by atoms with Gasteiger partial charge >= 0.3 is 5.97 Å². The van der Waals surface area contributed by atoms with E-state index in [0.29, 0.717) is 17.9 Å². The zero-order valence-corrected chi connectivity index (χ0v) is 17.4. The molecule has 2 amide bonds. The summed E-state index contributed by atoms with van der Waals surface area (Å²) in [5.74, 6) is -0.972. The lowest BCUT2D eigenvalue weighted by molar-refractivity contribution is -0.152. The second kappa shape index (κ2) is 9.43. The maximum atomic E-state index is 12.9. The van der Waals surface area contributed by atoms with Crippen molar-refractivity contribution >= 4 is 23.5 Å². The van der Waals surface area contributed by atoms with E-state index >= 15 is 0 Å². The first-order valence-corrected chi connectivity index (χ1v) is 10.0. The second-order valence-electron chi connectivity index (χ2n) is 7.13. The van der Waals surface area contributed by atoms with Gasteiger partial charge in [-0.05, 0) is 51.0 Å². The highest BCUT2D eigenvalue weighted by Crippen LogP contribution is 2.32. The molecule has 1 heterocycles. The largest absolute Gasteiger partial charge is 0.493 e. The quantitative estimate of drug-likeness (QED) is 0.710. The number of hydrogen-bond acceptors (Lipinski definition) is 5. The van der Waals surface area contributed by atoms with Crippen molar-refractivity contribution < 1.29 is 23.9 Å². The van der Waals surface area contributed by atoms with Gasteiger partial charge in [0.05, 0.1) is 12.2 Å². The Bertz CT molecular complexity index is 943. The molecule has 1 aliphatic rings. The average Bonchev–Trinajstić information content (AvgIpc) is 3.07. The molecule has 2 aromatic carbocycles. The van der Waals surface area contributed by atoms with Crippen LogP contribution >= 0.6 is 0 Å². The number of rotatable bonds is 7. The minimum absolute atomic E-state index is 0.00850. The van der Waals surface area contributed by atoms with Gasteiger partial charge in [-0.2, -0.15) is 0 Å². The summed E-state index contributed by atoms with van der Waals surface area (Å²) >= 11 is 0. The van der Waals surface area contributed by atoms with Gasteiger partial charge in [0, 0.05) is 11.7 Å². The minimum atomic E-state index is -0.960. The Balaban J connectivity index is 1.56. The van der Waals surface area contributed by atoms with Gasteiger partial charge in [0.2, 0.25) is 0 Å². The van der Waals surface area contributed by atoms with Crippen LogP contribution in [0.15, 0.2) is 48.5 Å². The van der Waals surface area contributed by atoms with Crippen molar-refractivity contribution in [2.75, 3.05) is 18.1 Å². The number of nitrogens with one attached hydrogen (secondary N) is 1. The van der Waals surface area contributed by atoms with E-state index in [1.165, 1.54) is 0 Å². The van der Waals surface area contributed by atoms with Crippen molar-refractivity contribution in [2.45, 2.75) is 39.3 Å². The van der Waals surface area contributed by atoms with Crippen LogP contribution in [0.5, 0.6) is 5.75 Å². The smallest absolute Gasteiger partial charge is 0.326 e. The third-order valence-corrected chi connectivity index (χ3v) is 4.93. The molecule has 0 aromatic heterocycles. The van der Waals surface area contributed by atoms with Crippen LogP contribution in [0, 0.1) is 0 Å². The summed E-state index contributed by atoms with van der Waals surface area (Å²) in [7, 11) is 0. The summed E-state index contributed by atoms with van der Waals surface area (Å²) in [6.07, 6.45) is -0.198. The molecule has 0 saturated heterocycles. The molecule has 7 heteroatoms. The summed E-state index contributed by atoms with van der Waals surface area (Å²) in [6, 6.07) is 14.5. The Morgan fingerprint density at radius 3 is 2.60 bits per heavy atom. The molecule has 0 unspecified atom stereocenters. The van der Waals surface area contributed by atoms with E-state index in [1.54, 1.807) is 36.1 Å². The molecule has 1 aliphatic heterocycles. The normalized spacial score (nSPS) is 15.8. The SMILES string of the molecule is CCOc1ccccc1C(=O)NCC(=O)O[C@@H](C)C(=O)N1c2ccccc2C[C@@H]1C. The van der Waals surface area contributed by atoms with Crippen molar-refractivity contribution in [2.24, 2.45) is 0 Å². The Morgan fingerprint density at radius 2 is 1.83 bits per heavy atom. The van der Waals surface area contributed by atoms with Crippen LogP contribution in [0.1, 0.15) is 36.7 Å². The van der Waals surface area contributed by atoms with Gasteiger partial charge in [-0.3, -0.25) is 14.4 Å². The van der Waals surface area contributed by atoms with Gasteiger partial charge in [-0.1, -0.05) is 30.3 Å². The lowest BCUT2D eigenvalue weighted by Crippen LogP contribution is -2.44. The second-order valence-corrected chi connectivity index (χ2v) is 7.13. The molecule has 0 spiro atoms. The van der Waals surface area contributed by atoms with E-state index in [1.807, 2.05) is 38.1 Å². The van der Waals surface area contributed by atoms with Gasteiger partial charge in [0.1, 0.15) is 12.3 Å². The standard InChI is InChI=1S/C23H26N2O5/c1-4-29-20-12-8-6-10-18(20)22(27)24-14-21(26)30-16(3)23(28)25-15(2)13-17-9-5-7-11-19(17)25/h5-12,15-16H,4,13-14H2,1-3H3,(H,24,27)/t15-,16-/m0/s1. The Labute approximate surface area is 176 Å². The van der Waals surface area contributed by atoms with E-state index in [0.717, 1.165) is 17.7 Å². The third kappa shape index (κ3) is 4.62. The van der Waals surface area contributed by atoms with Crippen LogP contribution in [0.25, 0.3) is 0 Å². The monoisotopic (exact) mass is 410 g/mol. The Hall–Kier alpha value is -3.35. The number of amides is 2. The first-order valence-electron chi connectivity index (χ1n) is 10.0. The lowest BCUT2D eigenvalue weighted by Gasteiger charge is -2.26. The number of ether oxygens (including phenoxy) is 2. The van der Waals surface area contributed by atoms with Crippen LogP contribution in [0.2, 0.25) is 0 Å². The van der Waals surface area contributed by atoms with Gasteiger partial charge < -0.3 is 19.7 Å². The highest BCUT2D eigenvalue weighted by Gasteiger charge is 2.34. The van der Waals surface area contributed by atoms with E-state index in [9.17, 15) is 14.4 Å². The fraction of sp³-hybridized carbons (Fsp3) is 0.348. The van der Waals surface area contributed by atoms with Crippen LogP contribution in [0.3, 0.4) is 0 Å². The lowest BCUT2D eigenvalue weighted by atomic mass is 10.1. The Kier molecular flexibility index (Phi) is 6.72. The molecule has 2 atom stereocenters. The molecule has 0 bridgehead atoms. The van der Waals surface area contributed by atoms with Crippen molar-refractivity contribution in [3.63, 3.8) is 0 Å². The number of esters is 1. The van der Waals surface area contributed by atoms with Crippen molar-refractivity contribution in [3.05, 3.63) is 59.7 Å². The maximum absolute atomic E-state index is 12.9. The Morgan fingerprint density at radius 1 is 1.13 bits per heavy atom. The highest BCUT2D eigenvalue weighted by atomic mass is 16.5. The van der Waals surface area contributed by atoms with Crippen LogP contribution < -0.4 is 15.0 Å². The number of benzene rings is 2. The first-order chi connectivity index (χ1) is 14.4. The van der Waals surface area contributed by atoms with E-state index in [-0.39, 0.29) is 18.5 Å². The molecule has 0 radical (unpaired) electrons. The predicted molar refractivity (Wildman–Crippen MR) is 113 cm³/mol. The van der Waals surface area contributed by atoms with Gasteiger partial charge in [0.15, 0.2) is 6.10 Å². The molecule has 2 aromatic rings. The zero-order valence-electron chi connectivity index (χ0n) is 17.4. The summed E-state index contributed by atoms with van der Waals surface area (Å²) in [5, 5.41) is 2.52. The number of hydrogen-bond donors (Lipinski definition) is 1. The summed E-state index contributed by atoms with van der Waals surface area (Å²) in [6.45, 7) is 5.40. The molecule has 0 saturated carbocycles. The van der Waals surface area contributed by atoms with Gasteiger partial charge in [-0.25, -0.2) is 0 Å². The summed E-state index contributed by atoms with van der Waals surface area (Å²) in [5.41, 5.74) is 2.27. The molecule has 3 rings (SSSR count).